The first-order valence-electron chi connectivity index (χ1n) is 9.56. The molecule has 0 unspecified atom stereocenters. The fourth-order valence-electron chi connectivity index (χ4n) is 3.67. The maximum absolute atomic E-state index is 12.7. The zero-order chi connectivity index (χ0) is 21.7. The fraction of sp³-hybridized carbons (Fsp3) is 0.136. The monoisotopic (exact) mass is 417 g/mol. The lowest BCUT2D eigenvalue weighted by molar-refractivity contribution is -0.385. The first-order valence-corrected chi connectivity index (χ1v) is 9.56. The Morgan fingerprint density at radius 2 is 1.97 bits per heavy atom. The number of hydrogen-bond acceptors (Lipinski definition) is 6. The molecule has 1 saturated carbocycles. The third-order valence-corrected chi connectivity index (χ3v) is 5.30. The van der Waals surface area contributed by atoms with E-state index in [1.165, 1.54) is 12.3 Å². The van der Waals surface area contributed by atoms with E-state index in [1.54, 1.807) is 29.0 Å². The molecule has 0 aliphatic heterocycles. The van der Waals surface area contributed by atoms with Crippen LogP contribution in [0.15, 0.2) is 59.7 Å². The molecule has 0 bridgehead atoms. The van der Waals surface area contributed by atoms with E-state index >= 15 is 0 Å². The molecule has 9 nitrogen and oxygen atoms in total. The van der Waals surface area contributed by atoms with Crippen LogP contribution in [0.2, 0.25) is 0 Å². The lowest BCUT2D eigenvalue weighted by atomic mass is 10.1. The van der Waals surface area contributed by atoms with Crippen molar-refractivity contribution in [3.63, 3.8) is 0 Å². The van der Waals surface area contributed by atoms with Crippen molar-refractivity contribution in [2.75, 3.05) is 0 Å². The van der Waals surface area contributed by atoms with Crippen LogP contribution < -0.4 is 10.2 Å². The number of aromatic nitrogens is 2. The van der Waals surface area contributed by atoms with Crippen LogP contribution in [-0.4, -0.2) is 25.6 Å². The van der Waals surface area contributed by atoms with Gasteiger partial charge in [0, 0.05) is 36.0 Å². The molecule has 0 amide bonds. The van der Waals surface area contributed by atoms with Crippen molar-refractivity contribution in [1.82, 2.24) is 9.55 Å². The van der Waals surface area contributed by atoms with Crippen LogP contribution in [-0.2, 0) is 0 Å². The van der Waals surface area contributed by atoms with E-state index in [0.29, 0.717) is 16.8 Å². The van der Waals surface area contributed by atoms with E-state index in [-0.39, 0.29) is 17.2 Å². The number of carbonyl (C=O) groups is 1. The number of para-hydroxylation sites is 1. The Morgan fingerprint density at radius 1 is 1.19 bits per heavy atom. The minimum absolute atomic E-state index is 0.0260. The summed E-state index contributed by atoms with van der Waals surface area (Å²) in [7, 11) is 0. The second-order valence-corrected chi connectivity index (χ2v) is 7.34. The quantitative estimate of drug-likeness (QED) is 0.379. The molecule has 0 spiro atoms. The lowest BCUT2D eigenvalue weighted by Crippen LogP contribution is -2.19. The number of nitro benzene ring substituents is 1. The van der Waals surface area contributed by atoms with Crippen LogP contribution in [0.25, 0.3) is 21.8 Å². The molecule has 154 valence electrons. The molecular weight excluding hydrogens is 402 g/mol. The van der Waals surface area contributed by atoms with Crippen LogP contribution in [0.3, 0.4) is 0 Å². The van der Waals surface area contributed by atoms with Crippen LogP contribution in [0.4, 0.5) is 5.69 Å². The van der Waals surface area contributed by atoms with Gasteiger partial charge in [-0.3, -0.25) is 19.9 Å². The molecule has 1 aliphatic carbocycles. The van der Waals surface area contributed by atoms with Gasteiger partial charge in [0.15, 0.2) is 5.75 Å². The first kappa shape index (κ1) is 18.7. The number of pyridine rings is 2. The number of carboxylic acids is 1. The number of rotatable bonds is 5. The van der Waals surface area contributed by atoms with E-state index in [0.717, 1.165) is 24.3 Å². The van der Waals surface area contributed by atoms with Crippen molar-refractivity contribution in [3.05, 3.63) is 80.8 Å². The molecule has 31 heavy (non-hydrogen) atoms. The zero-order valence-electron chi connectivity index (χ0n) is 16.0. The van der Waals surface area contributed by atoms with Crippen molar-refractivity contribution in [2.24, 2.45) is 0 Å². The largest absolute Gasteiger partial charge is 0.477 e. The van der Waals surface area contributed by atoms with Gasteiger partial charge < -0.3 is 14.4 Å². The van der Waals surface area contributed by atoms with Crippen LogP contribution in [0.5, 0.6) is 11.5 Å². The Morgan fingerprint density at radius 3 is 2.68 bits per heavy atom. The highest BCUT2D eigenvalue weighted by atomic mass is 16.6. The number of aromatic carboxylic acids is 1. The summed E-state index contributed by atoms with van der Waals surface area (Å²) in [6.07, 6.45) is 4.57. The van der Waals surface area contributed by atoms with Gasteiger partial charge >= 0.3 is 11.7 Å². The van der Waals surface area contributed by atoms with Gasteiger partial charge in [-0.2, -0.15) is 0 Å². The smallest absolute Gasteiger partial charge is 0.341 e. The van der Waals surface area contributed by atoms with E-state index in [1.807, 2.05) is 12.1 Å². The molecular formula is C22H15N3O6. The summed E-state index contributed by atoms with van der Waals surface area (Å²) in [5.74, 6) is -1.08. The Balaban J connectivity index is 1.76. The van der Waals surface area contributed by atoms with Gasteiger partial charge in [0.25, 0.3) is 0 Å². The predicted molar refractivity (Wildman–Crippen MR) is 112 cm³/mol. The number of benzene rings is 2. The molecule has 1 fully saturated rings. The van der Waals surface area contributed by atoms with Gasteiger partial charge in [-0.15, -0.1) is 0 Å². The minimum atomic E-state index is -1.37. The predicted octanol–water partition coefficient (Wildman–Crippen LogP) is 4.28. The Kier molecular flexibility index (Phi) is 4.18. The number of carboxylic acid groups (broad SMARTS) is 1. The SMILES string of the molecule is O=C(O)c1cn(C2CC2)c2cc(Oc3cccc4cccnc34)c([N+](=O)[O-])cc2c1=O. The third-order valence-electron chi connectivity index (χ3n) is 5.30. The number of nitro groups is 1. The van der Waals surface area contributed by atoms with Crippen molar-refractivity contribution in [3.8, 4) is 11.5 Å². The maximum atomic E-state index is 12.7. The average Bonchev–Trinajstić information content (AvgIpc) is 3.59. The molecule has 1 N–H and O–H groups in total. The van der Waals surface area contributed by atoms with Crippen molar-refractivity contribution >= 4 is 33.5 Å². The molecule has 1 aliphatic rings. The topological polar surface area (TPSA) is 125 Å². The van der Waals surface area contributed by atoms with E-state index in [9.17, 15) is 24.8 Å². The van der Waals surface area contributed by atoms with E-state index < -0.39 is 27.6 Å². The van der Waals surface area contributed by atoms with Gasteiger partial charge in [0.1, 0.15) is 11.1 Å². The average molecular weight is 417 g/mol. The highest BCUT2D eigenvalue weighted by Crippen LogP contribution is 2.41. The molecule has 2 heterocycles. The normalized spacial score (nSPS) is 13.4. The summed E-state index contributed by atoms with van der Waals surface area (Å²) >= 11 is 0. The number of fused-ring (bicyclic) bond motifs is 2. The molecule has 0 saturated heterocycles. The standard InChI is InChI=1S/C22H15N3O6/c26-21-14-9-17(25(29)30)19(31-18-5-1-3-12-4-2-8-23-20(12)18)10-16(14)24(13-6-7-13)11-15(21)22(27)28/h1-5,8-11,13H,6-7H2,(H,27,28). The zero-order valence-corrected chi connectivity index (χ0v) is 16.0. The fourth-order valence-corrected chi connectivity index (χ4v) is 3.67. The summed E-state index contributed by atoms with van der Waals surface area (Å²) in [6.45, 7) is 0. The van der Waals surface area contributed by atoms with Crippen LogP contribution in [0, 0.1) is 10.1 Å². The lowest BCUT2D eigenvalue weighted by Gasteiger charge is -2.14. The van der Waals surface area contributed by atoms with Gasteiger partial charge in [-0.1, -0.05) is 18.2 Å². The van der Waals surface area contributed by atoms with Gasteiger partial charge in [-0.25, -0.2) is 4.79 Å². The minimum Gasteiger partial charge on any atom is -0.477 e. The summed E-state index contributed by atoms with van der Waals surface area (Å²) in [5, 5.41) is 22.0. The molecule has 0 atom stereocenters. The number of ether oxygens (including phenoxy) is 1. The Labute approximate surface area is 174 Å². The van der Waals surface area contributed by atoms with Crippen LogP contribution in [0.1, 0.15) is 29.2 Å². The summed E-state index contributed by atoms with van der Waals surface area (Å²) in [6, 6.07) is 11.5. The molecule has 2 aromatic heterocycles. The number of hydrogen-bond donors (Lipinski definition) is 1. The Hall–Kier alpha value is -4.27. The van der Waals surface area contributed by atoms with Gasteiger partial charge in [0.2, 0.25) is 11.2 Å². The van der Waals surface area contributed by atoms with Gasteiger partial charge in [0.05, 0.1) is 15.8 Å². The van der Waals surface area contributed by atoms with Crippen molar-refractivity contribution in [1.29, 1.82) is 0 Å². The van der Waals surface area contributed by atoms with Crippen molar-refractivity contribution in [2.45, 2.75) is 18.9 Å². The van der Waals surface area contributed by atoms with Crippen LogP contribution >= 0.6 is 0 Å². The highest BCUT2D eigenvalue weighted by Gasteiger charge is 2.29. The van der Waals surface area contributed by atoms with E-state index in [4.69, 9.17) is 4.74 Å². The Bertz CT molecular complexity index is 1450. The first-order chi connectivity index (χ1) is 14.9. The highest BCUT2D eigenvalue weighted by molar-refractivity contribution is 5.94. The molecule has 9 heteroatoms. The van der Waals surface area contributed by atoms with E-state index in [2.05, 4.69) is 4.98 Å². The van der Waals surface area contributed by atoms with Crippen molar-refractivity contribution < 1.29 is 19.6 Å². The second-order valence-electron chi connectivity index (χ2n) is 7.34. The third kappa shape index (κ3) is 3.16. The number of nitrogens with zero attached hydrogens (tertiary/aromatic N) is 3. The maximum Gasteiger partial charge on any atom is 0.341 e. The summed E-state index contributed by atoms with van der Waals surface area (Å²) in [5.41, 5.74) is -0.671. The van der Waals surface area contributed by atoms with Gasteiger partial charge in [-0.05, 0) is 25.0 Å². The molecule has 5 rings (SSSR count). The second kappa shape index (κ2) is 6.91. The summed E-state index contributed by atoms with van der Waals surface area (Å²) < 4.78 is 7.62. The molecule has 4 aromatic rings. The molecule has 2 aromatic carbocycles. The summed E-state index contributed by atoms with van der Waals surface area (Å²) in [4.78, 5) is 39.7. The molecule has 0 radical (unpaired) electrons.